The van der Waals surface area contributed by atoms with Crippen molar-refractivity contribution in [2.75, 3.05) is 44.2 Å². The van der Waals surface area contributed by atoms with Crippen molar-refractivity contribution in [3.05, 3.63) is 52.8 Å². The number of amides is 2. The molecular formula is C27H36N4O4. The van der Waals surface area contributed by atoms with Gasteiger partial charge in [0.15, 0.2) is 0 Å². The fourth-order valence-corrected chi connectivity index (χ4v) is 5.15. The van der Waals surface area contributed by atoms with Gasteiger partial charge in [-0.05, 0) is 58.2 Å². The largest absolute Gasteiger partial charge is 0.459 e. The van der Waals surface area contributed by atoms with Gasteiger partial charge in [0.1, 0.15) is 5.69 Å². The molecule has 1 aromatic carbocycles. The summed E-state index contributed by atoms with van der Waals surface area (Å²) < 4.78 is 5.35. The third-order valence-corrected chi connectivity index (χ3v) is 6.97. The molecule has 0 aliphatic carbocycles. The number of H-pyrrole nitrogens is 1. The van der Waals surface area contributed by atoms with Gasteiger partial charge in [-0.3, -0.25) is 9.59 Å². The lowest BCUT2D eigenvalue weighted by Crippen LogP contribution is -2.53. The smallest absolute Gasteiger partial charge is 0.340 e. The number of aromatic amines is 1. The number of hydrogen-bond donors (Lipinski definition) is 1. The minimum Gasteiger partial charge on any atom is -0.459 e. The number of piperidine rings is 1. The quantitative estimate of drug-likeness (QED) is 0.663. The summed E-state index contributed by atoms with van der Waals surface area (Å²) in [5.41, 5.74) is 3.23. The van der Waals surface area contributed by atoms with E-state index in [1.54, 1.807) is 32.6 Å². The third-order valence-electron chi connectivity index (χ3n) is 6.97. The molecule has 0 spiro atoms. The highest BCUT2D eigenvalue weighted by molar-refractivity contribution is 6.00. The van der Waals surface area contributed by atoms with Crippen molar-refractivity contribution in [2.45, 2.75) is 46.6 Å². The second-order valence-electron chi connectivity index (χ2n) is 9.82. The molecule has 8 nitrogen and oxygen atoms in total. The molecule has 3 heterocycles. The highest BCUT2D eigenvalue weighted by atomic mass is 16.5. The summed E-state index contributed by atoms with van der Waals surface area (Å²) in [6.07, 6.45) is 1.34. The second kappa shape index (κ2) is 10.5. The first-order valence-corrected chi connectivity index (χ1v) is 12.5. The molecule has 2 aromatic rings. The van der Waals surface area contributed by atoms with E-state index in [4.69, 9.17) is 4.74 Å². The monoisotopic (exact) mass is 480 g/mol. The van der Waals surface area contributed by atoms with Crippen LogP contribution in [-0.4, -0.2) is 77.9 Å². The summed E-state index contributed by atoms with van der Waals surface area (Å²) >= 11 is 0. The van der Waals surface area contributed by atoms with Gasteiger partial charge in [-0.2, -0.15) is 0 Å². The first-order valence-electron chi connectivity index (χ1n) is 12.5. The average molecular weight is 481 g/mol. The first kappa shape index (κ1) is 24.8. The van der Waals surface area contributed by atoms with E-state index in [2.05, 4.69) is 22.0 Å². The zero-order chi connectivity index (χ0) is 25.1. The first-order chi connectivity index (χ1) is 16.8. The van der Waals surface area contributed by atoms with Crippen LogP contribution >= 0.6 is 0 Å². The Hall–Kier alpha value is -3.29. The Morgan fingerprint density at radius 2 is 1.66 bits per heavy atom. The molecule has 4 rings (SSSR count). The van der Waals surface area contributed by atoms with Crippen LogP contribution in [-0.2, 0) is 9.53 Å². The molecule has 0 bridgehead atoms. The number of carbonyl (C=O) groups is 3. The van der Waals surface area contributed by atoms with Crippen LogP contribution in [0.3, 0.4) is 0 Å². The Morgan fingerprint density at radius 3 is 2.31 bits per heavy atom. The predicted octanol–water partition coefficient (Wildman–Crippen LogP) is 3.40. The molecular weight excluding hydrogens is 444 g/mol. The van der Waals surface area contributed by atoms with Crippen LogP contribution in [0.1, 0.15) is 58.8 Å². The minimum atomic E-state index is -0.424. The number of benzene rings is 1. The van der Waals surface area contributed by atoms with E-state index in [-0.39, 0.29) is 23.8 Å². The Bertz CT molecular complexity index is 1070. The minimum absolute atomic E-state index is 0.135. The maximum atomic E-state index is 13.4. The van der Waals surface area contributed by atoms with Crippen molar-refractivity contribution < 1.29 is 19.1 Å². The highest BCUT2D eigenvalue weighted by Crippen LogP contribution is 2.25. The zero-order valence-electron chi connectivity index (χ0n) is 21.2. The number of ether oxygens (including phenoxy) is 1. The summed E-state index contributed by atoms with van der Waals surface area (Å²) in [6.45, 7) is 11.1. The van der Waals surface area contributed by atoms with Gasteiger partial charge in [0.2, 0.25) is 5.91 Å². The predicted molar refractivity (Wildman–Crippen MR) is 135 cm³/mol. The van der Waals surface area contributed by atoms with Gasteiger partial charge in [0, 0.05) is 50.6 Å². The Morgan fingerprint density at radius 1 is 0.971 bits per heavy atom. The van der Waals surface area contributed by atoms with Gasteiger partial charge in [-0.15, -0.1) is 0 Å². The molecule has 1 atom stereocenters. The van der Waals surface area contributed by atoms with Crippen molar-refractivity contribution >= 4 is 23.5 Å². The van der Waals surface area contributed by atoms with Crippen molar-refractivity contribution in [1.29, 1.82) is 0 Å². The Balaban J connectivity index is 1.39. The normalized spacial score (nSPS) is 18.7. The molecule has 1 unspecified atom stereocenters. The fourth-order valence-electron chi connectivity index (χ4n) is 5.15. The van der Waals surface area contributed by atoms with E-state index in [1.807, 2.05) is 23.1 Å². The number of piperazine rings is 1. The number of nitrogens with zero attached hydrogens (tertiary/aromatic N) is 3. The molecule has 8 heteroatoms. The van der Waals surface area contributed by atoms with Gasteiger partial charge in [0.25, 0.3) is 5.91 Å². The van der Waals surface area contributed by atoms with Gasteiger partial charge in [-0.25, -0.2) is 4.79 Å². The molecule has 0 radical (unpaired) electrons. The van der Waals surface area contributed by atoms with Crippen LogP contribution in [0.2, 0.25) is 0 Å². The summed E-state index contributed by atoms with van der Waals surface area (Å²) in [4.78, 5) is 48.3. The number of likely N-dealkylation sites (tertiary alicyclic amines) is 1. The average Bonchev–Trinajstić information content (AvgIpc) is 3.17. The van der Waals surface area contributed by atoms with Crippen molar-refractivity contribution in [3.63, 3.8) is 0 Å². The number of anilines is 1. The molecule has 0 saturated carbocycles. The molecule has 35 heavy (non-hydrogen) atoms. The fraction of sp³-hybridized carbons (Fsp3) is 0.519. The summed E-state index contributed by atoms with van der Waals surface area (Å²) in [7, 11) is 0. The van der Waals surface area contributed by atoms with Crippen molar-refractivity contribution in [2.24, 2.45) is 5.92 Å². The zero-order valence-corrected chi connectivity index (χ0v) is 21.2. The topological polar surface area (TPSA) is 86.0 Å². The van der Waals surface area contributed by atoms with Gasteiger partial charge >= 0.3 is 5.97 Å². The standard InChI is InChI=1S/C27H36N4O4/c1-18(2)35-27(34)23-19(3)24(28-20(23)4)26(33)31-12-8-9-21(17-31)25(32)30-15-13-29(14-16-30)22-10-6-5-7-11-22/h5-7,10-11,18,21,28H,8-9,12-17H2,1-4H3. The number of esters is 1. The van der Waals surface area contributed by atoms with E-state index in [1.165, 1.54) is 5.69 Å². The molecule has 1 aromatic heterocycles. The van der Waals surface area contributed by atoms with Gasteiger partial charge in [-0.1, -0.05) is 18.2 Å². The lowest BCUT2D eigenvalue weighted by Gasteiger charge is -2.39. The number of carbonyl (C=O) groups excluding carboxylic acids is 3. The summed E-state index contributed by atoms with van der Waals surface area (Å²) in [6, 6.07) is 10.3. The van der Waals surface area contributed by atoms with E-state index < -0.39 is 5.97 Å². The van der Waals surface area contributed by atoms with E-state index >= 15 is 0 Å². The molecule has 2 aliphatic rings. The number of rotatable bonds is 5. The molecule has 1 N–H and O–H groups in total. The Kier molecular flexibility index (Phi) is 7.48. The molecule has 2 aliphatic heterocycles. The van der Waals surface area contributed by atoms with Crippen molar-refractivity contribution in [1.82, 2.24) is 14.8 Å². The summed E-state index contributed by atoms with van der Waals surface area (Å²) in [5, 5.41) is 0. The number of para-hydroxylation sites is 1. The van der Waals surface area contributed by atoms with Crippen LogP contribution in [0.15, 0.2) is 30.3 Å². The number of hydrogen-bond acceptors (Lipinski definition) is 5. The molecule has 2 saturated heterocycles. The van der Waals surface area contributed by atoms with Gasteiger partial charge < -0.3 is 24.4 Å². The lowest BCUT2D eigenvalue weighted by molar-refractivity contribution is -0.137. The SMILES string of the molecule is Cc1[nH]c(C(=O)N2CCCC(C(=O)N3CCN(c4ccccc4)CC3)C2)c(C)c1C(=O)OC(C)C. The van der Waals surface area contributed by atoms with E-state index in [0.717, 1.165) is 25.9 Å². The molecule has 2 amide bonds. The number of aromatic nitrogens is 1. The number of aryl methyl sites for hydroxylation is 1. The lowest BCUT2D eigenvalue weighted by atomic mass is 9.95. The van der Waals surface area contributed by atoms with E-state index in [9.17, 15) is 14.4 Å². The van der Waals surface area contributed by atoms with Crippen LogP contribution in [0.4, 0.5) is 5.69 Å². The molecule has 188 valence electrons. The van der Waals surface area contributed by atoms with Crippen LogP contribution < -0.4 is 4.90 Å². The van der Waals surface area contributed by atoms with Gasteiger partial charge in [0.05, 0.1) is 17.6 Å². The number of nitrogens with one attached hydrogen (secondary N) is 1. The van der Waals surface area contributed by atoms with Crippen LogP contribution in [0.25, 0.3) is 0 Å². The third kappa shape index (κ3) is 5.36. The highest BCUT2D eigenvalue weighted by Gasteiger charge is 2.34. The van der Waals surface area contributed by atoms with Crippen molar-refractivity contribution in [3.8, 4) is 0 Å². The van der Waals surface area contributed by atoms with Crippen LogP contribution in [0, 0.1) is 19.8 Å². The maximum Gasteiger partial charge on any atom is 0.340 e. The molecule has 2 fully saturated rings. The van der Waals surface area contributed by atoms with E-state index in [0.29, 0.717) is 48.7 Å². The second-order valence-corrected chi connectivity index (χ2v) is 9.82. The van der Waals surface area contributed by atoms with Crippen LogP contribution in [0.5, 0.6) is 0 Å². The Labute approximate surface area is 207 Å². The summed E-state index contributed by atoms with van der Waals surface area (Å²) in [5.74, 6) is -0.652. The maximum absolute atomic E-state index is 13.4.